The summed E-state index contributed by atoms with van der Waals surface area (Å²) in [7, 11) is 1.83. The second-order valence-electron chi connectivity index (χ2n) is 5.24. The highest BCUT2D eigenvalue weighted by Crippen LogP contribution is 2.17. The van der Waals surface area contributed by atoms with Gasteiger partial charge in [0.15, 0.2) is 0 Å². The maximum atomic E-state index is 12.2. The Morgan fingerprint density at radius 3 is 2.85 bits per heavy atom. The first-order chi connectivity index (χ1) is 12.7. The van der Waals surface area contributed by atoms with Crippen molar-refractivity contribution < 1.29 is 9.53 Å². The second-order valence-corrected chi connectivity index (χ2v) is 5.24. The molecule has 0 aliphatic carbocycles. The summed E-state index contributed by atoms with van der Waals surface area (Å²) in [6.07, 6.45) is 9.33. The first-order valence-electron chi connectivity index (χ1n) is 7.88. The summed E-state index contributed by atoms with van der Waals surface area (Å²) in [5.41, 5.74) is 4.59. The number of ether oxygens (including phenoxy) is 1. The smallest absolute Gasteiger partial charge is 0.291 e. The van der Waals surface area contributed by atoms with Crippen molar-refractivity contribution in [1.82, 2.24) is 29.9 Å². The Morgan fingerprint density at radius 2 is 2.15 bits per heavy atom. The van der Waals surface area contributed by atoms with Crippen LogP contribution in [0.2, 0.25) is 0 Å². The minimum Gasteiger partial charge on any atom is -0.478 e. The van der Waals surface area contributed by atoms with Crippen molar-refractivity contribution in [2.45, 2.75) is 6.92 Å². The maximum absolute atomic E-state index is 12.2. The van der Waals surface area contributed by atoms with E-state index in [4.69, 9.17) is 4.74 Å². The SMILES string of the molecule is CCOc1ccc(-c2cncc(C(=O)N/N=C/c3cncn3C)n2)cn1. The molecule has 9 heteroatoms. The summed E-state index contributed by atoms with van der Waals surface area (Å²) < 4.78 is 7.08. The largest absolute Gasteiger partial charge is 0.478 e. The van der Waals surface area contributed by atoms with Gasteiger partial charge in [-0.2, -0.15) is 5.10 Å². The Labute approximate surface area is 149 Å². The van der Waals surface area contributed by atoms with Gasteiger partial charge < -0.3 is 9.30 Å². The normalized spacial score (nSPS) is 10.8. The van der Waals surface area contributed by atoms with Gasteiger partial charge in [-0.3, -0.25) is 9.78 Å². The molecule has 0 aliphatic heterocycles. The number of nitrogens with zero attached hydrogens (tertiary/aromatic N) is 6. The number of carbonyl (C=O) groups is 1. The number of hydrazone groups is 1. The van der Waals surface area contributed by atoms with E-state index >= 15 is 0 Å². The zero-order chi connectivity index (χ0) is 18.4. The molecule has 26 heavy (non-hydrogen) atoms. The van der Waals surface area contributed by atoms with Crippen LogP contribution in [-0.2, 0) is 7.05 Å². The number of amides is 1. The summed E-state index contributed by atoms with van der Waals surface area (Å²) in [5, 5.41) is 3.90. The van der Waals surface area contributed by atoms with Crippen LogP contribution < -0.4 is 10.2 Å². The second kappa shape index (κ2) is 7.97. The molecule has 3 rings (SSSR count). The van der Waals surface area contributed by atoms with E-state index in [0.717, 1.165) is 11.3 Å². The fraction of sp³-hybridized carbons (Fsp3) is 0.176. The molecule has 0 radical (unpaired) electrons. The summed E-state index contributed by atoms with van der Waals surface area (Å²) in [6, 6.07) is 3.55. The van der Waals surface area contributed by atoms with Crippen molar-refractivity contribution >= 4 is 12.1 Å². The van der Waals surface area contributed by atoms with Gasteiger partial charge in [0.25, 0.3) is 5.91 Å². The van der Waals surface area contributed by atoms with Crippen LogP contribution in [0.4, 0.5) is 0 Å². The minimum absolute atomic E-state index is 0.151. The van der Waals surface area contributed by atoms with E-state index < -0.39 is 5.91 Å². The van der Waals surface area contributed by atoms with Gasteiger partial charge in [-0.15, -0.1) is 0 Å². The number of aryl methyl sites for hydroxylation is 1. The number of pyridine rings is 1. The monoisotopic (exact) mass is 351 g/mol. The predicted octanol–water partition coefficient (Wildman–Crippen LogP) is 1.43. The first kappa shape index (κ1) is 17.2. The van der Waals surface area contributed by atoms with Crippen LogP contribution in [0.15, 0.2) is 48.3 Å². The molecule has 0 saturated carbocycles. The summed E-state index contributed by atoms with van der Waals surface area (Å²) in [6.45, 7) is 2.43. The van der Waals surface area contributed by atoms with Gasteiger partial charge in [0.1, 0.15) is 5.69 Å². The number of nitrogens with one attached hydrogen (secondary N) is 1. The molecular weight excluding hydrogens is 334 g/mol. The quantitative estimate of drug-likeness (QED) is 0.532. The molecule has 0 unspecified atom stereocenters. The lowest BCUT2D eigenvalue weighted by Gasteiger charge is -2.05. The molecule has 0 aliphatic rings. The highest BCUT2D eigenvalue weighted by molar-refractivity contribution is 5.93. The van der Waals surface area contributed by atoms with Gasteiger partial charge in [0, 0.05) is 24.9 Å². The highest BCUT2D eigenvalue weighted by Gasteiger charge is 2.09. The van der Waals surface area contributed by atoms with Crippen molar-refractivity contribution in [3.63, 3.8) is 0 Å². The van der Waals surface area contributed by atoms with Gasteiger partial charge in [-0.1, -0.05) is 0 Å². The molecule has 0 saturated heterocycles. The maximum Gasteiger partial charge on any atom is 0.291 e. The van der Waals surface area contributed by atoms with E-state index in [1.54, 1.807) is 35.6 Å². The third-order valence-corrected chi connectivity index (χ3v) is 3.41. The lowest BCUT2D eigenvalue weighted by Crippen LogP contribution is -2.19. The molecule has 0 bridgehead atoms. The van der Waals surface area contributed by atoms with E-state index in [0.29, 0.717) is 18.2 Å². The summed E-state index contributed by atoms with van der Waals surface area (Å²) in [5.74, 6) is 0.0688. The Morgan fingerprint density at radius 1 is 1.27 bits per heavy atom. The Kier molecular flexibility index (Phi) is 5.28. The number of aromatic nitrogens is 5. The summed E-state index contributed by atoms with van der Waals surface area (Å²) >= 11 is 0. The number of hydrogen-bond donors (Lipinski definition) is 1. The lowest BCUT2D eigenvalue weighted by molar-refractivity contribution is 0.0950. The van der Waals surface area contributed by atoms with Crippen LogP contribution in [0.5, 0.6) is 5.88 Å². The van der Waals surface area contributed by atoms with Crippen LogP contribution >= 0.6 is 0 Å². The average Bonchev–Trinajstić information content (AvgIpc) is 3.07. The predicted molar refractivity (Wildman–Crippen MR) is 94.7 cm³/mol. The van der Waals surface area contributed by atoms with Crippen LogP contribution in [-0.4, -0.2) is 43.2 Å². The van der Waals surface area contributed by atoms with E-state index in [9.17, 15) is 4.79 Å². The fourth-order valence-electron chi connectivity index (χ4n) is 2.09. The van der Waals surface area contributed by atoms with Crippen molar-refractivity contribution in [2.24, 2.45) is 12.1 Å². The van der Waals surface area contributed by atoms with Gasteiger partial charge >= 0.3 is 0 Å². The number of carbonyl (C=O) groups excluding carboxylic acids is 1. The van der Waals surface area contributed by atoms with Crippen molar-refractivity contribution in [1.29, 1.82) is 0 Å². The zero-order valence-electron chi connectivity index (χ0n) is 14.3. The van der Waals surface area contributed by atoms with Gasteiger partial charge in [0.05, 0.1) is 49.1 Å². The standard InChI is InChI=1S/C17H17N7O2/c1-3-26-16-5-4-12(6-20-16)14-9-18-10-15(22-14)17(25)23-21-8-13-7-19-11-24(13)2/h4-11H,3H2,1-2H3,(H,23,25)/b21-8+. The van der Waals surface area contributed by atoms with Crippen LogP contribution in [0.3, 0.4) is 0 Å². The van der Waals surface area contributed by atoms with Crippen LogP contribution in [0.1, 0.15) is 23.1 Å². The number of hydrogen-bond acceptors (Lipinski definition) is 7. The fourth-order valence-corrected chi connectivity index (χ4v) is 2.09. The molecule has 1 amide bonds. The van der Waals surface area contributed by atoms with Gasteiger partial charge in [-0.25, -0.2) is 20.4 Å². The topological polar surface area (TPSA) is 107 Å². The Bertz CT molecular complexity index is 919. The highest BCUT2D eigenvalue weighted by atomic mass is 16.5. The third kappa shape index (κ3) is 4.07. The molecule has 0 fully saturated rings. The van der Waals surface area contributed by atoms with E-state index in [-0.39, 0.29) is 5.69 Å². The molecule has 3 heterocycles. The van der Waals surface area contributed by atoms with E-state index in [1.165, 1.54) is 12.4 Å². The molecule has 0 spiro atoms. The molecule has 0 atom stereocenters. The molecule has 0 aromatic carbocycles. The molecule has 132 valence electrons. The summed E-state index contributed by atoms with van der Waals surface area (Å²) in [4.78, 5) is 28.7. The van der Waals surface area contributed by atoms with Gasteiger partial charge in [0.2, 0.25) is 5.88 Å². The van der Waals surface area contributed by atoms with Crippen LogP contribution in [0.25, 0.3) is 11.3 Å². The van der Waals surface area contributed by atoms with Crippen molar-refractivity contribution in [3.8, 4) is 17.1 Å². The van der Waals surface area contributed by atoms with Crippen LogP contribution in [0, 0.1) is 0 Å². The van der Waals surface area contributed by atoms with Crippen molar-refractivity contribution in [3.05, 3.63) is 54.6 Å². The lowest BCUT2D eigenvalue weighted by atomic mass is 10.2. The Hall–Kier alpha value is -3.62. The van der Waals surface area contributed by atoms with E-state index in [1.807, 2.05) is 20.0 Å². The van der Waals surface area contributed by atoms with Crippen molar-refractivity contribution in [2.75, 3.05) is 6.61 Å². The molecular formula is C17H17N7O2. The minimum atomic E-state index is -0.461. The molecule has 3 aromatic rings. The molecule has 3 aromatic heterocycles. The third-order valence-electron chi connectivity index (χ3n) is 3.41. The molecule has 1 N–H and O–H groups in total. The van der Waals surface area contributed by atoms with E-state index in [2.05, 4.69) is 30.5 Å². The zero-order valence-corrected chi connectivity index (χ0v) is 14.3. The number of rotatable bonds is 6. The molecule has 9 nitrogen and oxygen atoms in total. The Balaban J connectivity index is 1.71. The first-order valence-corrected chi connectivity index (χ1v) is 7.88. The van der Waals surface area contributed by atoms with Gasteiger partial charge in [-0.05, 0) is 13.0 Å². The number of imidazole rings is 1. The average molecular weight is 351 g/mol.